The predicted octanol–water partition coefficient (Wildman–Crippen LogP) is 2.02. The molecule has 2 N–H and O–H groups in total. The van der Waals surface area contributed by atoms with Gasteiger partial charge in [0.25, 0.3) is 0 Å². The van der Waals surface area contributed by atoms with Crippen molar-refractivity contribution in [3.05, 3.63) is 47.5 Å². The van der Waals surface area contributed by atoms with Crippen LogP contribution in [0.25, 0.3) is 16.6 Å². The zero-order valence-electron chi connectivity index (χ0n) is 10.4. The number of rotatable bonds is 5. The number of amides is 1. The summed E-state index contributed by atoms with van der Waals surface area (Å²) >= 11 is 1.48. The Hall–Kier alpha value is -2.47. The molecule has 20 heavy (non-hydrogen) atoms. The Bertz CT molecular complexity index is 635. The average Bonchev–Trinajstić information content (AvgIpc) is 2.93. The van der Waals surface area contributed by atoms with Gasteiger partial charge >= 0.3 is 5.97 Å². The second-order valence-electron chi connectivity index (χ2n) is 3.89. The zero-order chi connectivity index (χ0) is 14.4. The Morgan fingerprint density at radius 2 is 2.05 bits per heavy atom. The Morgan fingerprint density at radius 3 is 2.75 bits per heavy atom. The summed E-state index contributed by atoms with van der Waals surface area (Å²) in [7, 11) is 0. The lowest BCUT2D eigenvalue weighted by Crippen LogP contribution is -2.27. The summed E-state index contributed by atoms with van der Waals surface area (Å²) < 4.78 is 0. The number of aliphatic carboxylic acids is 1. The highest BCUT2D eigenvalue weighted by atomic mass is 32.1. The normalized spacial score (nSPS) is 10.6. The Morgan fingerprint density at radius 1 is 1.30 bits per heavy atom. The summed E-state index contributed by atoms with van der Waals surface area (Å²) in [5.41, 5.74) is 1.69. The van der Waals surface area contributed by atoms with Gasteiger partial charge in [-0.25, -0.2) is 4.98 Å². The topological polar surface area (TPSA) is 79.3 Å². The number of hydrogen-bond donors (Lipinski definition) is 2. The van der Waals surface area contributed by atoms with Crippen LogP contribution in [-0.4, -0.2) is 28.5 Å². The Labute approximate surface area is 119 Å². The van der Waals surface area contributed by atoms with Crippen molar-refractivity contribution in [1.82, 2.24) is 10.3 Å². The lowest BCUT2D eigenvalue weighted by Gasteiger charge is -1.95. The van der Waals surface area contributed by atoms with E-state index in [0.717, 1.165) is 10.6 Å². The predicted molar refractivity (Wildman–Crippen MR) is 77.2 cm³/mol. The third kappa shape index (κ3) is 4.03. The molecule has 2 aromatic rings. The van der Waals surface area contributed by atoms with Crippen LogP contribution in [0.15, 0.2) is 41.8 Å². The molecule has 0 bridgehead atoms. The standard InChI is InChI=1S/C14H12N2O3S/c17-12(15-8-13(18)19)7-6-11-9-20-14(16-11)10-4-2-1-3-5-10/h1-7,9H,8H2,(H,15,17)(H,18,19)/b7-6+. The molecule has 0 unspecified atom stereocenters. The van der Waals surface area contributed by atoms with Crippen molar-refractivity contribution in [3.8, 4) is 10.6 Å². The number of nitrogens with zero attached hydrogens (tertiary/aromatic N) is 1. The number of benzene rings is 1. The first-order chi connectivity index (χ1) is 9.65. The van der Waals surface area contributed by atoms with Crippen LogP contribution in [0.4, 0.5) is 0 Å². The van der Waals surface area contributed by atoms with Crippen LogP contribution in [0.2, 0.25) is 0 Å². The highest BCUT2D eigenvalue weighted by Crippen LogP contribution is 2.23. The first-order valence-electron chi connectivity index (χ1n) is 5.84. The number of carbonyl (C=O) groups excluding carboxylic acids is 1. The van der Waals surface area contributed by atoms with Crippen LogP contribution in [0.5, 0.6) is 0 Å². The van der Waals surface area contributed by atoms with Crippen LogP contribution in [0, 0.1) is 0 Å². The number of carbonyl (C=O) groups is 2. The third-order valence-electron chi connectivity index (χ3n) is 2.36. The van der Waals surface area contributed by atoms with E-state index in [0.29, 0.717) is 5.69 Å². The third-order valence-corrected chi connectivity index (χ3v) is 3.27. The van der Waals surface area contributed by atoms with Gasteiger partial charge in [0.05, 0.1) is 5.69 Å². The molecule has 0 saturated heterocycles. The Kier molecular flexibility index (Phi) is 4.62. The van der Waals surface area contributed by atoms with Crippen molar-refractivity contribution in [1.29, 1.82) is 0 Å². The molecule has 6 heteroatoms. The van der Waals surface area contributed by atoms with Crippen LogP contribution in [0.1, 0.15) is 5.69 Å². The second-order valence-corrected chi connectivity index (χ2v) is 4.75. The van der Waals surface area contributed by atoms with Gasteiger partial charge in [-0.1, -0.05) is 30.3 Å². The van der Waals surface area contributed by atoms with E-state index in [9.17, 15) is 9.59 Å². The minimum Gasteiger partial charge on any atom is -0.480 e. The first kappa shape index (κ1) is 14.0. The molecule has 0 aliphatic rings. The van der Waals surface area contributed by atoms with Crippen LogP contribution in [-0.2, 0) is 9.59 Å². The maximum atomic E-state index is 11.3. The maximum absolute atomic E-state index is 11.3. The molecule has 0 spiro atoms. The van der Waals surface area contributed by atoms with Gasteiger partial charge in [0.1, 0.15) is 11.6 Å². The molecule has 102 valence electrons. The van der Waals surface area contributed by atoms with Crippen molar-refractivity contribution in [2.24, 2.45) is 0 Å². The average molecular weight is 288 g/mol. The van der Waals surface area contributed by atoms with Gasteiger partial charge in [0, 0.05) is 17.0 Å². The number of carboxylic acids is 1. The number of thiazole rings is 1. The first-order valence-corrected chi connectivity index (χ1v) is 6.72. The van der Waals surface area contributed by atoms with E-state index < -0.39 is 18.4 Å². The summed E-state index contributed by atoms with van der Waals surface area (Å²) in [5, 5.41) is 13.4. The minimum absolute atomic E-state index is 0.393. The molecule has 0 aliphatic heterocycles. The van der Waals surface area contributed by atoms with Gasteiger partial charge in [-0.2, -0.15) is 0 Å². The molecule has 2 rings (SSSR count). The van der Waals surface area contributed by atoms with Crippen LogP contribution < -0.4 is 5.32 Å². The van der Waals surface area contributed by atoms with E-state index in [-0.39, 0.29) is 0 Å². The largest absolute Gasteiger partial charge is 0.480 e. The molecule has 1 aromatic heterocycles. The van der Waals surface area contributed by atoms with Crippen LogP contribution >= 0.6 is 11.3 Å². The fourth-order valence-corrected chi connectivity index (χ4v) is 2.25. The van der Waals surface area contributed by atoms with Gasteiger partial charge in [-0.3, -0.25) is 9.59 Å². The van der Waals surface area contributed by atoms with Crippen molar-refractivity contribution in [2.45, 2.75) is 0 Å². The lowest BCUT2D eigenvalue weighted by atomic mass is 10.2. The van der Waals surface area contributed by atoms with Gasteiger partial charge in [-0.15, -0.1) is 11.3 Å². The molecular formula is C14H12N2O3S. The van der Waals surface area contributed by atoms with Gasteiger partial charge < -0.3 is 10.4 Å². The SMILES string of the molecule is O=C(O)CNC(=O)/C=C/c1csc(-c2ccccc2)n1. The highest BCUT2D eigenvalue weighted by molar-refractivity contribution is 7.13. The van der Waals surface area contributed by atoms with Gasteiger partial charge in [0.15, 0.2) is 0 Å². The molecule has 5 nitrogen and oxygen atoms in total. The highest BCUT2D eigenvalue weighted by Gasteiger charge is 2.03. The fraction of sp³-hybridized carbons (Fsp3) is 0.0714. The van der Waals surface area contributed by atoms with Crippen molar-refractivity contribution < 1.29 is 14.7 Å². The maximum Gasteiger partial charge on any atom is 0.322 e. The quantitative estimate of drug-likeness (QED) is 0.825. The number of aromatic nitrogens is 1. The summed E-state index contributed by atoms with van der Waals surface area (Å²) in [6.07, 6.45) is 2.83. The van der Waals surface area contributed by atoms with Crippen molar-refractivity contribution in [2.75, 3.05) is 6.54 Å². The summed E-state index contributed by atoms with van der Waals surface area (Å²) in [6.45, 7) is -0.393. The molecule has 0 radical (unpaired) electrons. The smallest absolute Gasteiger partial charge is 0.322 e. The number of hydrogen-bond acceptors (Lipinski definition) is 4. The van der Waals surface area contributed by atoms with E-state index in [1.54, 1.807) is 6.08 Å². The monoisotopic (exact) mass is 288 g/mol. The molecule has 0 fully saturated rings. The molecule has 0 saturated carbocycles. The van der Waals surface area contributed by atoms with E-state index in [1.165, 1.54) is 17.4 Å². The molecule has 1 amide bonds. The lowest BCUT2D eigenvalue weighted by molar-refractivity contribution is -0.137. The van der Waals surface area contributed by atoms with Gasteiger partial charge in [-0.05, 0) is 6.08 Å². The minimum atomic E-state index is -1.08. The zero-order valence-corrected chi connectivity index (χ0v) is 11.3. The summed E-state index contributed by atoms with van der Waals surface area (Å²) in [5.74, 6) is -1.53. The van der Waals surface area contributed by atoms with Crippen molar-refractivity contribution in [3.63, 3.8) is 0 Å². The molecule has 1 heterocycles. The molecule has 0 atom stereocenters. The number of nitrogens with one attached hydrogen (secondary N) is 1. The van der Waals surface area contributed by atoms with E-state index in [1.807, 2.05) is 35.7 Å². The van der Waals surface area contributed by atoms with E-state index in [4.69, 9.17) is 5.11 Å². The van der Waals surface area contributed by atoms with Gasteiger partial charge in [0.2, 0.25) is 5.91 Å². The molecule has 0 aliphatic carbocycles. The molecule has 1 aromatic carbocycles. The van der Waals surface area contributed by atoms with E-state index >= 15 is 0 Å². The van der Waals surface area contributed by atoms with Crippen LogP contribution in [0.3, 0.4) is 0 Å². The van der Waals surface area contributed by atoms with Crippen molar-refractivity contribution >= 4 is 29.3 Å². The Balaban J connectivity index is 1.99. The second kappa shape index (κ2) is 6.63. The fourth-order valence-electron chi connectivity index (χ4n) is 1.46. The number of carboxylic acid groups (broad SMARTS) is 1. The summed E-state index contributed by atoms with van der Waals surface area (Å²) in [6, 6.07) is 9.74. The molecular weight excluding hydrogens is 276 g/mol. The van der Waals surface area contributed by atoms with E-state index in [2.05, 4.69) is 10.3 Å². The summed E-state index contributed by atoms with van der Waals surface area (Å²) in [4.78, 5) is 26.0.